The summed E-state index contributed by atoms with van der Waals surface area (Å²) in [5.41, 5.74) is 7.71. The number of benzene rings is 1. The fourth-order valence-corrected chi connectivity index (χ4v) is 3.17. The molecule has 0 aromatic heterocycles. The largest absolute Gasteiger partial charge is 0.329 e. The van der Waals surface area contributed by atoms with Gasteiger partial charge in [0.15, 0.2) is 0 Å². The van der Waals surface area contributed by atoms with Crippen LogP contribution in [0.5, 0.6) is 0 Å². The van der Waals surface area contributed by atoms with Crippen molar-refractivity contribution < 1.29 is 4.39 Å². The van der Waals surface area contributed by atoms with E-state index < -0.39 is 0 Å². The van der Waals surface area contributed by atoms with E-state index in [-0.39, 0.29) is 11.9 Å². The number of halogens is 1. The lowest BCUT2D eigenvalue weighted by Crippen LogP contribution is -2.35. The van der Waals surface area contributed by atoms with Gasteiger partial charge in [-0.3, -0.25) is 4.90 Å². The minimum Gasteiger partial charge on any atom is -0.329 e. The van der Waals surface area contributed by atoms with Gasteiger partial charge >= 0.3 is 0 Å². The van der Waals surface area contributed by atoms with Crippen molar-refractivity contribution in [1.82, 2.24) is 9.80 Å². The predicted molar refractivity (Wildman–Crippen MR) is 81.2 cm³/mol. The van der Waals surface area contributed by atoms with E-state index in [1.54, 1.807) is 12.1 Å². The van der Waals surface area contributed by atoms with Crippen LogP contribution in [0.4, 0.5) is 4.39 Å². The summed E-state index contributed by atoms with van der Waals surface area (Å²) in [6.45, 7) is 5.68. The maximum absolute atomic E-state index is 14.1. The molecule has 2 rings (SSSR count). The molecule has 4 heteroatoms. The minimum absolute atomic E-state index is 0.0409. The first-order valence-corrected chi connectivity index (χ1v) is 7.36. The molecule has 1 heterocycles. The number of rotatable bonds is 5. The number of likely N-dealkylation sites (N-methyl/N-ethyl adjacent to an activating group) is 1. The van der Waals surface area contributed by atoms with Gasteiger partial charge in [-0.25, -0.2) is 4.39 Å². The highest BCUT2D eigenvalue weighted by Gasteiger charge is 2.25. The van der Waals surface area contributed by atoms with Crippen LogP contribution >= 0.6 is 0 Å². The Balaban J connectivity index is 2.08. The molecule has 2 unspecified atom stereocenters. The van der Waals surface area contributed by atoms with Crippen LogP contribution in [-0.2, 0) is 0 Å². The standard InChI is InChI=1S/C16H26FN3/c1-12-4-5-15(17)14(8-12)16(9-18)20(3)11-13-6-7-19(2)10-13/h4-5,8,13,16H,6-7,9-11,18H2,1-3H3. The Morgan fingerprint density at radius 3 is 2.85 bits per heavy atom. The van der Waals surface area contributed by atoms with Crippen LogP contribution < -0.4 is 5.73 Å². The van der Waals surface area contributed by atoms with E-state index in [1.807, 2.05) is 13.0 Å². The molecule has 0 saturated carbocycles. The first kappa shape index (κ1) is 15.4. The molecule has 0 amide bonds. The monoisotopic (exact) mass is 279 g/mol. The molecule has 0 bridgehead atoms. The number of likely N-dealkylation sites (tertiary alicyclic amines) is 1. The zero-order chi connectivity index (χ0) is 14.7. The molecule has 1 aliphatic rings. The van der Waals surface area contributed by atoms with Crippen molar-refractivity contribution in [3.05, 3.63) is 35.1 Å². The van der Waals surface area contributed by atoms with Gasteiger partial charge in [0.2, 0.25) is 0 Å². The van der Waals surface area contributed by atoms with Gasteiger partial charge in [0.05, 0.1) is 0 Å². The van der Waals surface area contributed by atoms with Crippen molar-refractivity contribution >= 4 is 0 Å². The summed E-state index contributed by atoms with van der Waals surface area (Å²) in [4.78, 5) is 4.56. The van der Waals surface area contributed by atoms with E-state index in [0.717, 1.165) is 30.8 Å². The zero-order valence-corrected chi connectivity index (χ0v) is 12.8. The van der Waals surface area contributed by atoms with Crippen molar-refractivity contribution in [1.29, 1.82) is 0 Å². The number of nitrogens with zero attached hydrogens (tertiary/aromatic N) is 2. The molecule has 112 valence electrons. The molecule has 0 spiro atoms. The Bertz CT molecular complexity index is 449. The lowest BCUT2D eigenvalue weighted by atomic mass is 10.0. The summed E-state index contributed by atoms with van der Waals surface area (Å²) in [5.74, 6) is 0.508. The summed E-state index contributed by atoms with van der Waals surface area (Å²) in [7, 11) is 4.21. The Hall–Kier alpha value is -0.970. The van der Waals surface area contributed by atoms with Crippen molar-refractivity contribution in [3.63, 3.8) is 0 Å². The van der Waals surface area contributed by atoms with Crippen LogP contribution in [0.25, 0.3) is 0 Å². The Morgan fingerprint density at radius 1 is 1.50 bits per heavy atom. The lowest BCUT2D eigenvalue weighted by Gasteiger charge is -2.30. The summed E-state index contributed by atoms with van der Waals surface area (Å²) in [5, 5.41) is 0. The number of hydrogen-bond donors (Lipinski definition) is 1. The van der Waals surface area contributed by atoms with Gasteiger partial charge in [-0.05, 0) is 46.0 Å². The second kappa shape index (κ2) is 6.66. The minimum atomic E-state index is -0.151. The van der Waals surface area contributed by atoms with Crippen LogP contribution in [-0.4, -0.2) is 50.1 Å². The van der Waals surface area contributed by atoms with E-state index in [2.05, 4.69) is 23.9 Å². The number of hydrogen-bond acceptors (Lipinski definition) is 3. The maximum Gasteiger partial charge on any atom is 0.128 e. The Kier molecular flexibility index (Phi) is 5.13. The molecule has 1 fully saturated rings. The van der Waals surface area contributed by atoms with Gasteiger partial charge in [0, 0.05) is 31.2 Å². The van der Waals surface area contributed by atoms with Gasteiger partial charge in [0.25, 0.3) is 0 Å². The third-order valence-corrected chi connectivity index (χ3v) is 4.30. The Morgan fingerprint density at radius 2 is 2.25 bits per heavy atom. The van der Waals surface area contributed by atoms with Crippen LogP contribution in [0, 0.1) is 18.7 Å². The molecule has 20 heavy (non-hydrogen) atoms. The fraction of sp³-hybridized carbons (Fsp3) is 0.625. The van der Waals surface area contributed by atoms with Crippen LogP contribution in [0.2, 0.25) is 0 Å². The average Bonchev–Trinajstić information content (AvgIpc) is 2.80. The molecule has 1 aromatic rings. The molecule has 3 nitrogen and oxygen atoms in total. The molecule has 2 N–H and O–H groups in total. The lowest BCUT2D eigenvalue weighted by molar-refractivity contribution is 0.208. The van der Waals surface area contributed by atoms with E-state index >= 15 is 0 Å². The van der Waals surface area contributed by atoms with Gasteiger partial charge in [-0.15, -0.1) is 0 Å². The van der Waals surface area contributed by atoms with Crippen LogP contribution in [0.15, 0.2) is 18.2 Å². The molecule has 0 aliphatic carbocycles. The van der Waals surface area contributed by atoms with E-state index in [0.29, 0.717) is 12.5 Å². The van der Waals surface area contributed by atoms with Crippen molar-refractivity contribution in [2.45, 2.75) is 19.4 Å². The smallest absolute Gasteiger partial charge is 0.128 e. The third-order valence-electron chi connectivity index (χ3n) is 4.30. The molecule has 1 aromatic carbocycles. The van der Waals surface area contributed by atoms with E-state index in [1.165, 1.54) is 6.42 Å². The second-order valence-corrected chi connectivity index (χ2v) is 6.13. The van der Waals surface area contributed by atoms with Crippen molar-refractivity contribution in [2.24, 2.45) is 11.7 Å². The molecule has 1 saturated heterocycles. The summed E-state index contributed by atoms with van der Waals surface area (Å²) < 4.78 is 14.1. The Labute approximate surface area is 121 Å². The van der Waals surface area contributed by atoms with Crippen molar-refractivity contribution in [3.8, 4) is 0 Å². The molecule has 1 aliphatic heterocycles. The first-order valence-electron chi connectivity index (χ1n) is 7.36. The normalized spacial score (nSPS) is 21.6. The highest BCUT2D eigenvalue weighted by molar-refractivity contribution is 5.27. The van der Waals surface area contributed by atoms with E-state index in [4.69, 9.17) is 5.73 Å². The van der Waals surface area contributed by atoms with Crippen LogP contribution in [0.1, 0.15) is 23.6 Å². The summed E-state index contributed by atoms with van der Waals surface area (Å²) in [6.07, 6.45) is 1.22. The van der Waals surface area contributed by atoms with Crippen LogP contribution in [0.3, 0.4) is 0 Å². The number of nitrogens with two attached hydrogens (primary N) is 1. The molecule has 2 atom stereocenters. The second-order valence-electron chi connectivity index (χ2n) is 6.13. The van der Waals surface area contributed by atoms with Gasteiger partial charge in [-0.2, -0.15) is 0 Å². The average molecular weight is 279 g/mol. The first-order chi connectivity index (χ1) is 9.51. The quantitative estimate of drug-likeness (QED) is 0.895. The highest BCUT2D eigenvalue weighted by Crippen LogP contribution is 2.25. The third kappa shape index (κ3) is 3.57. The fourth-order valence-electron chi connectivity index (χ4n) is 3.17. The van der Waals surface area contributed by atoms with Gasteiger partial charge in [0.1, 0.15) is 5.82 Å². The molecule has 0 radical (unpaired) electrons. The summed E-state index contributed by atoms with van der Waals surface area (Å²) in [6, 6.07) is 5.23. The van der Waals surface area contributed by atoms with Gasteiger partial charge < -0.3 is 10.6 Å². The number of aryl methyl sites for hydroxylation is 1. The van der Waals surface area contributed by atoms with Gasteiger partial charge in [-0.1, -0.05) is 17.7 Å². The molecular formula is C16H26FN3. The van der Waals surface area contributed by atoms with Crippen molar-refractivity contribution in [2.75, 3.05) is 40.3 Å². The SMILES string of the molecule is Cc1ccc(F)c(C(CN)N(C)CC2CCN(C)C2)c1. The highest BCUT2D eigenvalue weighted by atomic mass is 19.1. The van der Waals surface area contributed by atoms with E-state index in [9.17, 15) is 4.39 Å². The predicted octanol–water partition coefficient (Wildman–Crippen LogP) is 2.02. The summed E-state index contributed by atoms with van der Waals surface area (Å²) >= 11 is 0. The zero-order valence-electron chi connectivity index (χ0n) is 12.8. The molecular weight excluding hydrogens is 253 g/mol. The maximum atomic E-state index is 14.1. The topological polar surface area (TPSA) is 32.5 Å².